The molecule has 1 aromatic rings. The summed E-state index contributed by atoms with van der Waals surface area (Å²) < 4.78 is 18.2. The summed E-state index contributed by atoms with van der Waals surface area (Å²) in [5.74, 6) is 1.42. The predicted molar refractivity (Wildman–Crippen MR) is 75.1 cm³/mol. The van der Waals surface area contributed by atoms with Crippen molar-refractivity contribution in [3.05, 3.63) is 24.0 Å². The highest BCUT2D eigenvalue weighted by molar-refractivity contribution is 8.14. The predicted octanol–water partition coefficient (Wildman–Crippen LogP) is 3.37. The largest absolute Gasteiger partial charge is 0.494 e. The average Bonchev–Trinajstić information content (AvgIpc) is 2.80. The summed E-state index contributed by atoms with van der Waals surface area (Å²) in [6.07, 6.45) is 0. The fourth-order valence-corrected chi connectivity index (χ4v) is 2.85. The topological polar surface area (TPSA) is 33.6 Å². The number of methoxy groups -OCH3 is 1. The van der Waals surface area contributed by atoms with Crippen LogP contribution >= 0.6 is 11.8 Å². The first kappa shape index (κ1) is 13.2. The van der Waals surface area contributed by atoms with Crippen molar-refractivity contribution >= 4 is 22.6 Å². The second-order valence-electron chi connectivity index (χ2n) is 4.53. The van der Waals surface area contributed by atoms with Crippen LogP contribution in [0.4, 0.5) is 10.1 Å². The lowest BCUT2D eigenvalue weighted by atomic mass is 10.1. The highest BCUT2D eigenvalue weighted by Crippen LogP contribution is 2.26. The Hall–Kier alpha value is -1.23. The van der Waals surface area contributed by atoms with Gasteiger partial charge in [0.05, 0.1) is 13.2 Å². The fraction of sp³-hybridized carbons (Fsp3) is 0.462. The van der Waals surface area contributed by atoms with Crippen LogP contribution in [0.3, 0.4) is 0 Å². The monoisotopic (exact) mass is 268 g/mol. The van der Waals surface area contributed by atoms with E-state index in [9.17, 15) is 4.39 Å². The molecule has 1 N–H and O–H groups in total. The molecular weight excluding hydrogens is 251 g/mol. The van der Waals surface area contributed by atoms with Crippen LogP contribution in [-0.4, -0.2) is 24.1 Å². The minimum absolute atomic E-state index is 0.240. The summed E-state index contributed by atoms with van der Waals surface area (Å²) in [4.78, 5) is 4.59. The average molecular weight is 268 g/mol. The molecule has 1 aromatic carbocycles. The van der Waals surface area contributed by atoms with E-state index in [2.05, 4.69) is 24.2 Å². The number of halogens is 1. The smallest absolute Gasteiger partial charge is 0.165 e. The van der Waals surface area contributed by atoms with Crippen LogP contribution in [0.25, 0.3) is 0 Å². The SMILES string of the molecule is COc1cc(NC2=NC(C(C)C)CS2)ccc1F. The number of ether oxygens (including phenoxy) is 1. The van der Waals surface area contributed by atoms with Gasteiger partial charge >= 0.3 is 0 Å². The number of hydrogen-bond acceptors (Lipinski definition) is 4. The molecule has 1 aliphatic heterocycles. The number of thioether (sulfide) groups is 1. The van der Waals surface area contributed by atoms with E-state index >= 15 is 0 Å². The molecule has 3 nitrogen and oxygen atoms in total. The standard InChI is InChI=1S/C13H17FN2OS/c1-8(2)11-7-18-13(16-11)15-9-4-5-10(14)12(6-9)17-3/h4-6,8,11H,7H2,1-3H3,(H,15,16). The molecule has 0 saturated heterocycles. The van der Waals surface area contributed by atoms with Crippen LogP contribution in [0.5, 0.6) is 5.75 Å². The first-order chi connectivity index (χ1) is 8.60. The molecule has 98 valence electrons. The summed E-state index contributed by atoms with van der Waals surface area (Å²) in [5.41, 5.74) is 0.795. The van der Waals surface area contributed by atoms with Gasteiger partial charge in [0.15, 0.2) is 16.7 Å². The molecule has 0 saturated carbocycles. The molecule has 0 radical (unpaired) electrons. The van der Waals surface area contributed by atoms with E-state index in [1.807, 2.05) is 0 Å². The van der Waals surface area contributed by atoms with Crippen LogP contribution in [0.1, 0.15) is 13.8 Å². The van der Waals surface area contributed by atoms with Gasteiger partial charge in [0.25, 0.3) is 0 Å². The zero-order valence-corrected chi connectivity index (χ0v) is 11.6. The molecule has 2 rings (SSSR count). The van der Waals surface area contributed by atoms with Crippen molar-refractivity contribution in [2.45, 2.75) is 19.9 Å². The van der Waals surface area contributed by atoms with Crippen molar-refractivity contribution in [3.63, 3.8) is 0 Å². The van der Waals surface area contributed by atoms with Gasteiger partial charge in [-0.1, -0.05) is 25.6 Å². The van der Waals surface area contributed by atoms with Gasteiger partial charge in [-0.25, -0.2) is 4.39 Å². The van der Waals surface area contributed by atoms with E-state index in [4.69, 9.17) is 4.74 Å². The first-order valence-corrected chi connectivity index (χ1v) is 6.90. The summed E-state index contributed by atoms with van der Waals surface area (Å²) in [6, 6.07) is 5.08. The van der Waals surface area contributed by atoms with Crippen molar-refractivity contribution in [2.75, 3.05) is 18.2 Å². The molecular formula is C13H17FN2OS. The number of nitrogens with one attached hydrogen (secondary N) is 1. The van der Waals surface area contributed by atoms with Gasteiger partial charge in [-0.2, -0.15) is 0 Å². The first-order valence-electron chi connectivity index (χ1n) is 5.91. The van der Waals surface area contributed by atoms with E-state index in [0.717, 1.165) is 16.6 Å². The van der Waals surface area contributed by atoms with Crippen LogP contribution in [0.15, 0.2) is 23.2 Å². The number of benzene rings is 1. The van der Waals surface area contributed by atoms with Crippen LogP contribution in [-0.2, 0) is 0 Å². The number of amidine groups is 1. The Kier molecular flexibility index (Phi) is 4.11. The Balaban J connectivity index is 2.08. The Bertz CT molecular complexity index is 462. The summed E-state index contributed by atoms with van der Waals surface area (Å²) in [6.45, 7) is 4.33. The number of anilines is 1. The van der Waals surface area contributed by atoms with Crippen LogP contribution in [0, 0.1) is 11.7 Å². The normalized spacial score (nSPS) is 18.9. The van der Waals surface area contributed by atoms with Gasteiger partial charge in [0.2, 0.25) is 0 Å². The molecule has 0 aromatic heterocycles. The minimum Gasteiger partial charge on any atom is -0.494 e. The third-order valence-electron chi connectivity index (χ3n) is 2.85. The lowest BCUT2D eigenvalue weighted by molar-refractivity contribution is 0.387. The van der Waals surface area contributed by atoms with Crippen molar-refractivity contribution in [1.82, 2.24) is 0 Å². The Labute approximate surface area is 111 Å². The molecule has 0 spiro atoms. The lowest BCUT2D eigenvalue weighted by Crippen LogP contribution is -2.12. The molecule has 0 amide bonds. The van der Waals surface area contributed by atoms with Crippen LogP contribution < -0.4 is 10.1 Å². The number of rotatable bonds is 3. The number of hydrogen-bond donors (Lipinski definition) is 1. The van der Waals surface area contributed by atoms with E-state index in [1.54, 1.807) is 23.9 Å². The Morgan fingerprint density at radius 1 is 1.50 bits per heavy atom. The van der Waals surface area contributed by atoms with Gasteiger partial charge in [-0.05, 0) is 18.1 Å². The van der Waals surface area contributed by atoms with Crippen molar-refractivity contribution in [2.24, 2.45) is 10.9 Å². The maximum atomic E-state index is 13.3. The van der Waals surface area contributed by atoms with Crippen molar-refractivity contribution in [1.29, 1.82) is 0 Å². The molecule has 18 heavy (non-hydrogen) atoms. The van der Waals surface area contributed by atoms with Gasteiger partial charge in [0.1, 0.15) is 0 Å². The Morgan fingerprint density at radius 3 is 2.89 bits per heavy atom. The molecule has 1 atom stereocenters. The second kappa shape index (κ2) is 5.61. The van der Waals surface area contributed by atoms with Gasteiger partial charge < -0.3 is 10.1 Å². The maximum Gasteiger partial charge on any atom is 0.165 e. The third kappa shape index (κ3) is 2.96. The quantitative estimate of drug-likeness (QED) is 0.912. The molecule has 0 fully saturated rings. The molecule has 0 bridgehead atoms. The van der Waals surface area contributed by atoms with E-state index in [0.29, 0.717) is 12.0 Å². The zero-order valence-electron chi connectivity index (χ0n) is 10.7. The van der Waals surface area contributed by atoms with E-state index in [1.165, 1.54) is 13.2 Å². The number of aliphatic imine (C=N–C) groups is 1. The summed E-state index contributed by atoms with van der Waals surface area (Å²) in [7, 11) is 1.46. The molecule has 5 heteroatoms. The lowest BCUT2D eigenvalue weighted by Gasteiger charge is -2.08. The van der Waals surface area contributed by atoms with E-state index < -0.39 is 0 Å². The summed E-state index contributed by atoms with van der Waals surface area (Å²) in [5, 5.41) is 4.09. The van der Waals surface area contributed by atoms with Crippen LogP contribution in [0.2, 0.25) is 0 Å². The second-order valence-corrected chi connectivity index (χ2v) is 5.54. The minimum atomic E-state index is -0.357. The van der Waals surface area contributed by atoms with Gasteiger partial charge in [-0.3, -0.25) is 4.99 Å². The highest BCUT2D eigenvalue weighted by Gasteiger charge is 2.21. The maximum absolute atomic E-state index is 13.3. The fourth-order valence-electron chi connectivity index (χ4n) is 1.66. The van der Waals surface area contributed by atoms with Crippen molar-refractivity contribution in [3.8, 4) is 5.75 Å². The van der Waals surface area contributed by atoms with E-state index in [-0.39, 0.29) is 11.6 Å². The molecule has 0 aliphatic carbocycles. The van der Waals surface area contributed by atoms with Gasteiger partial charge in [0, 0.05) is 17.5 Å². The highest BCUT2D eigenvalue weighted by atomic mass is 32.2. The van der Waals surface area contributed by atoms with Gasteiger partial charge in [-0.15, -0.1) is 0 Å². The third-order valence-corrected chi connectivity index (χ3v) is 3.83. The number of nitrogens with zero attached hydrogens (tertiary/aromatic N) is 1. The zero-order chi connectivity index (χ0) is 13.1. The van der Waals surface area contributed by atoms with Crippen molar-refractivity contribution < 1.29 is 9.13 Å². The summed E-state index contributed by atoms with van der Waals surface area (Å²) >= 11 is 1.70. The molecule has 1 unspecified atom stereocenters. The molecule has 1 heterocycles. The Morgan fingerprint density at radius 2 is 2.28 bits per heavy atom. The molecule has 1 aliphatic rings.